The standard InChI is InChI=1S/C13H22N2O2/c1-3-14-10(16)12-6-5-7-13(8-12,9-12)11(17)15-4-2/h3-9H2,1-2H3,(H,14,16)(H,15,17). The minimum atomic E-state index is -0.237. The van der Waals surface area contributed by atoms with Gasteiger partial charge in [0.25, 0.3) is 0 Å². The van der Waals surface area contributed by atoms with Crippen LogP contribution in [0.4, 0.5) is 0 Å². The molecule has 3 saturated carbocycles. The first-order valence-electron chi connectivity index (χ1n) is 6.65. The second-order valence-electron chi connectivity index (χ2n) is 5.49. The Balaban J connectivity index is 2.05. The van der Waals surface area contributed by atoms with Crippen LogP contribution in [0.25, 0.3) is 0 Å². The van der Waals surface area contributed by atoms with Gasteiger partial charge in [-0.1, -0.05) is 6.42 Å². The van der Waals surface area contributed by atoms with Gasteiger partial charge in [-0.15, -0.1) is 0 Å². The van der Waals surface area contributed by atoms with E-state index in [2.05, 4.69) is 10.6 Å². The highest BCUT2D eigenvalue weighted by Gasteiger charge is 2.63. The number of carbonyl (C=O) groups excluding carboxylic acids is 2. The Labute approximate surface area is 103 Å². The number of nitrogens with one attached hydrogen (secondary N) is 2. The van der Waals surface area contributed by atoms with Crippen LogP contribution in [0.3, 0.4) is 0 Å². The molecule has 4 heteroatoms. The molecule has 3 rings (SSSR count). The monoisotopic (exact) mass is 238 g/mol. The van der Waals surface area contributed by atoms with E-state index < -0.39 is 0 Å². The summed E-state index contributed by atoms with van der Waals surface area (Å²) in [4.78, 5) is 24.1. The Bertz CT molecular complexity index is 302. The van der Waals surface area contributed by atoms with E-state index in [0.29, 0.717) is 13.1 Å². The first-order valence-corrected chi connectivity index (χ1v) is 6.65. The lowest BCUT2D eigenvalue weighted by molar-refractivity contribution is -0.168. The summed E-state index contributed by atoms with van der Waals surface area (Å²) in [5.41, 5.74) is -0.474. The van der Waals surface area contributed by atoms with Crippen LogP contribution in [0.2, 0.25) is 0 Å². The van der Waals surface area contributed by atoms with Crippen LogP contribution in [0.5, 0.6) is 0 Å². The quantitative estimate of drug-likeness (QED) is 0.773. The van der Waals surface area contributed by atoms with Crippen molar-refractivity contribution in [3.8, 4) is 0 Å². The maximum absolute atomic E-state index is 12.0. The SMILES string of the molecule is CCNC(=O)C12CCCC(C(=O)NCC)(C1)C2. The Kier molecular flexibility index (Phi) is 3.15. The summed E-state index contributed by atoms with van der Waals surface area (Å²) in [5, 5.41) is 5.82. The van der Waals surface area contributed by atoms with Crippen molar-refractivity contribution in [3.63, 3.8) is 0 Å². The van der Waals surface area contributed by atoms with E-state index >= 15 is 0 Å². The fraction of sp³-hybridized carbons (Fsp3) is 0.846. The van der Waals surface area contributed by atoms with Crippen molar-refractivity contribution in [1.82, 2.24) is 10.6 Å². The molecule has 0 unspecified atom stereocenters. The zero-order valence-corrected chi connectivity index (χ0v) is 10.8. The third-order valence-electron chi connectivity index (χ3n) is 4.30. The maximum Gasteiger partial charge on any atom is 0.226 e. The first kappa shape index (κ1) is 12.4. The van der Waals surface area contributed by atoms with Crippen LogP contribution < -0.4 is 10.6 Å². The van der Waals surface area contributed by atoms with Crippen LogP contribution in [0, 0.1) is 10.8 Å². The topological polar surface area (TPSA) is 58.2 Å². The van der Waals surface area contributed by atoms with Crippen LogP contribution in [0.1, 0.15) is 46.0 Å². The number of rotatable bonds is 4. The molecular formula is C13H22N2O2. The summed E-state index contributed by atoms with van der Waals surface area (Å²) in [6.07, 6.45) is 4.38. The summed E-state index contributed by atoms with van der Waals surface area (Å²) >= 11 is 0. The Morgan fingerprint density at radius 2 is 1.35 bits per heavy atom. The van der Waals surface area contributed by atoms with Crippen LogP contribution in [-0.4, -0.2) is 24.9 Å². The van der Waals surface area contributed by atoms with Gasteiger partial charge in [-0.05, 0) is 39.5 Å². The summed E-state index contributed by atoms with van der Waals surface area (Å²) in [6, 6.07) is 0. The lowest BCUT2D eigenvalue weighted by Gasteiger charge is -2.58. The molecule has 3 aliphatic rings. The van der Waals surface area contributed by atoms with E-state index in [1.54, 1.807) is 0 Å². The van der Waals surface area contributed by atoms with Crippen LogP contribution >= 0.6 is 0 Å². The molecule has 2 amide bonds. The molecule has 17 heavy (non-hydrogen) atoms. The van der Waals surface area contributed by atoms with Gasteiger partial charge in [-0.2, -0.15) is 0 Å². The molecule has 3 fully saturated rings. The van der Waals surface area contributed by atoms with Gasteiger partial charge < -0.3 is 10.6 Å². The molecule has 3 aliphatic carbocycles. The Morgan fingerprint density at radius 1 is 0.941 bits per heavy atom. The second kappa shape index (κ2) is 4.31. The minimum Gasteiger partial charge on any atom is -0.356 e. The van der Waals surface area contributed by atoms with Gasteiger partial charge in [-0.3, -0.25) is 9.59 Å². The third-order valence-corrected chi connectivity index (χ3v) is 4.30. The summed E-state index contributed by atoms with van der Waals surface area (Å²) in [7, 11) is 0. The van der Waals surface area contributed by atoms with E-state index in [1.807, 2.05) is 13.8 Å². The van der Waals surface area contributed by atoms with E-state index in [0.717, 1.165) is 32.1 Å². The first-order chi connectivity index (χ1) is 8.08. The van der Waals surface area contributed by atoms with Crippen molar-refractivity contribution in [2.45, 2.75) is 46.0 Å². The van der Waals surface area contributed by atoms with E-state index in [-0.39, 0.29) is 22.6 Å². The van der Waals surface area contributed by atoms with Crippen molar-refractivity contribution in [3.05, 3.63) is 0 Å². The predicted octanol–water partition coefficient (Wildman–Crippen LogP) is 1.21. The molecule has 0 heterocycles. The lowest BCUT2D eigenvalue weighted by atomic mass is 9.45. The highest BCUT2D eigenvalue weighted by Crippen LogP contribution is 2.63. The summed E-state index contributed by atoms with van der Waals surface area (Å²) in [5.74, 6) is 0.305. The molecule has 2 N–H and O–H groups in total. The molecule has 0 aromatic carbocycles. The third kappa shape index (κ3) is 1.83. The Morgan fingerprint density at radius 3 is 1.71 bits per heavy atom. The molecule has 0 saturated heterocycles. The van der Waals surface area contributed by atoms with Gasteiger partial charge in [0, 0.05) is 13.1 Å². The predicted molar refractivity (Wildman–Crippen MR) is 65.3 cm³/mol. The van der Waals surface area contributed by atoms with Crippen molar-refractivity contribution >= 4 is 11.8 Å². The van der Waals surface area contributed by atoms with Crippen molar-refractivity contribution < 1.29 is 9.59 Å². The molecule has 0 spiro atoms. The van der Waals surface area contributed by atoms with Gasteiger partial charge in [0.15, 0.2) is 0 Å². The second-order valence-corrected chi connectivity index (χ2v) is 5.49. The zero-order chi connectivity index (χ0) is 12.5. The van der Waals surface area contributed by atoms with Crippen molar-refractivity contribution in [2.24, 2.45) is 10.8 Å². The van der Waals surface area contributed by atoms with Gasteiger partial charge in [0.2, 0.25) is 11.8 Å². The summed E-state index contributed by atoms with van der Waals surface area (Å²) in [6.45, 7) is 5.23. The normalized spacial score (nSPS) is 34.7. The number of hydrogen-bond acceptors (Lipinski definition) is 2. The smallest absolute Gasteiger partial charge is 0.226 e. The van der Waals surface area contributed by atoms with E-state index in [9.17, 15) is 9.59 Å². The van der Waals surface area contributed by atoms with Crippen LogP contribution in [0.15, 0.2) is 0 Å². The number of hydrogen-bond donors (Lipinski definition) is 2. The molecule has 0 atom stereocenters. The molecule has 0 aliphatic heterocycles. The van der Waals surface area contributed by atoms with Crippen LogP contribution in [-0.2, 0) is 9.59 Å². The maximum atomic E-state index is 12.0. The van der Waals surface area contributed by atoms with E-state index in [1.165, 1.54) is 0 Å². The molecule has 4 nitrogen and oxygen atoms in total. The molecule has 2 bridgehead atoms. The Hall–Kier alpha value is -1.06. The fourth-order valence-corrected chi connectivity index (χ4v) is 3.61. The number of amides is 2. The molecule has 0 aromatic rings. The largest absolute Gasteiger partial charge is 0.356 e. The highest BCUT2D eigenvalue weighted by atomic mass is 16.2. The number of carbonyl (C=O) groups is 2. The zero-order valence-electron chi connectivity index (χ0n) is 10.8. The fourth-order valence-electron chi connectivity index (χ4n) is 3.61. The number of fused-ring (bicyclic) bond motifs is 2. The highest BCUT2D eigenvalue weighted by molar-refractivity contribution is 5.91. The molecular weight excluding hydrogens is 216 g/mol. The van der Waals surface area contributed by atoms with Gasteiger partial charge in [-0.25, -0.2) is 0 Å². The lowest BCUT2D eigenvalue weighted by Crippen LogP contribution is -2.62. The summed E-state index contributed by atoms with van der Waals surface area (Å²) < 4.78 is 0. The van der Waals surface area contributed by atoms with Gasteiger partial charge in [0.1, 0.15) is 0 Å². The van der Waals surface area contributed by atoms with Crippen molar-refractivity contribution in [2.75, 3.05) is 13.1 Å². The minimum absolute atomic E-state index is 0.152. The average Bonchev–Trinajstić information content (AvgIpc) is 2.29. The molecule has 96 valence electrons. The average molecular weight is 238 g/mol. The van der Waals surface area contributed by atoms with E-state index in [4.69, 9.17) is 0 Å². The van der Waals surface area contributed by atoms with Gasteiger partial charge >= 0.3 is 0 Å². The van der Waals surface area contributed by atoms with Crippen molar-refractivity contribution in [1.29, 1.82) is 0 Å². The molecule has 0 radical (unpaired) electrons. The van der Waals surface area contributed by atoms with Gasteiger partial charge in [0.05, 0.1) is 10.8 Å². The molecule has 0 aromatic heterocycles.